The Bertz CT molecular complexity index is 1360. The van der Waals surface area contributed by atoms with Gasteiger partial charge in [-0.3, -0.25) is 14.6 Å². The molecule has 4 rings (SSSR count). The molecule has 0 atom stereocenters. The number of nitrogens with zero attached hydrogens (tertiary/aromatic N) is 4. The highest BCUT2D eigenvalue weighted by atomic mass is 35.5. The van der Waals surface area contributed by atoms with E-state index in [-0.39, 0.29) is 49.5 Å². The largest absolute Gasteiger partial charge is 0.383 e. The van der Waals surface area contributed by atoms with Gasteiger partial charge >= 0.3 is 0 Å². The average Bonchev–Trinajstić information content (AvgIpc) is 3.38. The molecule has 0 radical (unpaired) electrons. The lowest BCUT2D eigenvalue weighted by Crippen LogP contribution is -2.39. The minimum atomic E-state index is -3.79. The van der Waals surface area contributed by atoms with Gasteiger partial charge in [0.15, 0.2) is 5.13 Å². The lowest BCUT2D eigenvalue weighted by molar-refractivity contribution is 0.0376. The number of anilines is 1. The summed E-state index contributed by atoms with van der Waals surface area (Å²) >= 11 is 1.49. The summed E-state index contributed by atoms with van der Waals surface area (Å²) in [6.45, 7) is 7.55. The SMILES string of the molecule is COCCN(CCOC)S(=O)(=O)c1ccc(C(=O)N(CCCN2CCOCC2)c2nc3ccc(C)cc3s2)cc1.Cl. The first-order chi connectivity index (χ1) is 19.3. The number of methoxy groups -OCH3 is 2. The van der Waals surface area contributed by atoms with Gasteiger partial charge in [0.05, 0.1) is 41.5 Å². The second kappa shape index (κ2) is 15.9. The molecule has 1 aliphatic heterocycles. The Labute approximate surface area is 252 Å². The summed E-state index contributed by atoms with van der Waals surface area (Å²) in [5.74, 6) is -0.211. The number of hydrogen-bond donors (Lipinski definition) is 0. The maximum atomic E-state index is 13.8. The summed E-state index contributed by atoms with van der Waals surface area (Å²) in [5.41, 5.74) is 2.39. The van der Waals surface area contributed by atoms with E-state index < -0.39 is 10.0 Å². The number of ether oxygens (including phenoxy) is 3. The Balaban J connectivity index is 0.00000462. The van der Waals surface area contributed by atoms with Crippen LogP contribution in [0.3, 0.4) is 0 Å². The smallest absolute Gasteiger partial charge is 0.260 e. The van der Waals surface area contributed by atoms with Crippen molar-refractivity contribution in [3.05, 3.63) is 53.6 Å². The molecule has 0 saturated carbocycles. The highest BCUT2D eigenvalue weighted by molar-refractivity contribution is 7.89. The number of fused-ring (bicyclic) bond motifs is 1. The molecule has 0 unspecified atom stereocenters. The van der Waals surface area contributed by atoms with Gasteiger partial charge in [-0.25, -0.2) is 13.4 Å². The number of amides is 1. The zero-order valence-electron chi connectivity index (χ0n) is 23.8. The third-order valence-corrected chi connectivity index (χ3v) is 9.75. The molecule has 10 nitrogen and oxygen atoms in total. The Morgan fingerprint density at radius 3 is 2.32 bits per heavy atom. The predicted molar refractivity (Wildman–Crippen MR) is 164 cm³/mol. The number of morpholine rings is 1. The van der Waals surface area contributed by atoms with Crippen LogP contribution < -0.4 is 4.90 Å². The maximum Gasteiger partial charge on any atom is 0.260 e. The number of carbonyl (C=O) groups is 1. The van der Waals surface area contributed by atoms with Crippen LogP contribution in [0.2, 0.25) is 0 Å². The fourth-order valence-electron chi connectivity index (χ4n) is 4.51. The lowest BCUT2D eigenvalue weighted by atomic mass is 10.2. The second-order valence-corrected chi connectivity index (χ2v) is 12.6. The van der Waals surface area contributed by atoms with Crippen molar-refractivity contribution in [3.8, 4) is 0 Å². The van der Waals surface area contributed by atoms with E-state index in [0.717, 1.165) is 55.0 Å². The van der Waals surface area contributed by atoms with Crippen LogP contribution >= 0.6 is 23.7 Å². The van der Waals surface area contributed by atoms with E-state index in [0.29, 0.717) is 17.2 Å². The maximum absolute atomic E-state index is 13.8. The van der Waals surface area contributed by atoms with Crippen molar-refractivity contribution in [2.24, 2.45) is 0 Å². The van der Waals surface area contributed by atoms with E-state index in [2.05, 4.69) is 11.0 Å². The molecule has 1 aliphatic rings. The van der Waals surface area contributed by atoms with Crippen molar-refractivity contribution in [2.45, 2.75) is 18.2 Å². The van der Waals surface area contributed by atoms with Gasteiger partial charge in [-0.15, -0.1) is 12.4 Å². The van der Waals surface area contributed by atoms with E-state index in [1.165, 1.54) is 42.0 Å². The highest BCUT2D eigenvalue weighted by Crippen LogP contribution is 2.31. The molecule has 0 bridgehead atoms. The van der Waals surface area contributed by atoms with Gasteiger partial charge in [-0.2, -0.15) is 4.31 Å². The molecule has 2 aromatic carbocycles. The van der Waals surface area contributed by atoms with E-state index in [1.807, 2.05) is 19.1 Å². The number of aryl methyl sites for hydroxylation is 1. The monoisotopic (exact) mass is 626 g/mol. The molecule has 0 N–H and O–H groups in total. The molecule has 13 heteroatoms. The van der Waals surface area contributed by atoms with Gasteiger partial charge in [0.1, 0.15) is 0 Å². The molecule has 3 aromatic rings. The molecular weight excluding hydrogens is 588 g/mol. The van der Waals surface area contributed by atoms with Gasteiger partial charge in [-0.05, 0) is 55.3 Å². The number of benzene rings is 2. The molecule has 226 valence electrons. The van der Waals surface area contributed by atoms with Crippen LogP contribution in [-0.2, 0) is 24.2 Å². The summed E-state index contributed by atoms with van der Waals surface area (Å²) in [6, 6.07) is 12.2. The molecule has 0 spiro atoms. The fourth-order valence-corrected chi connectivity index (χ4v) is 7.01. The fraction of sp³-hybridized carbons (Fsp3) is 0.500. The van der Waals surface area contributed by atoms with E-state index in [1.54, 1.807) is 17.0 Å². The number of hydrogen-bond acceptors (Lipinski definition) is 9. The molecule has 41 heavy (non-hydrogen) atoms. The average molecular weight is 627 g/mol. The van der Waals surface area contributed by atoms with Gasteiger partial charge in [0, 0.05) is 59.1 Å². The first-order valence-corrected chi connectivity index (χ1v) is 15.7. The van der Waals surface area contributed by atoms with Crippen molar-refractivity contribution >= 4 is 55.0 Å². The number of aromatic nitrogens is 1. The van der Waals surface area contributed by atoms with Gasteiger partial charge in [0.25, 0.3) is 5.91 Å². The zero-order chi connectivity index (χ0) is 28.5. The summed E-state index contributed by atoms with van der Waals surface area (Å²) in [7, 11) is -0.729. The number of halogens is 1. The Morgan fingerprint density at radius 2 is 1.68 bits per heavy atom. The third kappa shape index (κ3) is 8.68. The predicted octanol–water partition coefficient (Wildman–Crippen LogP) is 3.68. The minimum absolute atomic E-state index is 0. The summed E-state index contributed by atoms with van der Waals surface area (Å²) < 4.78 is 44.6. The summed E-state index contributed by atoms with van der Waals surface area (Å²) in [6.07, 6.45) is 0.779. The van der Waals surface area contributed by atoms with E-state index in [4.69, 9.17) is 19.2 Å². The van der Waals surface area contributed by atoms with Gasteiger partial charge < -0.3 is 14.2 Å². The van der Waals surface area contributed by atoms with Crippen molar-refractivity contribution in [1.29, 1.82) is 0 Å². The summed E-state index contributed by atoms with van der Waals surface area (Å²) in [5, 5.41) is 0.634. The number of carbonyl (C=O) groups excluding carboxylic acids is 1. The van der Waals surface area contributed by atoms with Crippen LogP contribution in [0, 0.1) is 6.92 Å². The van der Waals surface area contributed by atoms with Crippen LogP contribution in [-0.4, -0.2) is 108 Å². The molecule has 1 fully saturated rings. The van der Waals surface area contributed by atoms with E-state index in [9.17, 15) is 13.2 Å². The minimum Gasteiger partial charge on any atom is -0.383 e. The van der Waals surface area contributed by atoms with Crippen LogP contribution in [0.4, 0.5) is 5.13 Å². The van der Waals surface area contributed by atoms with Crippen molar-refractivity contribution in [2.75, 3.05) is 84.8 Å². The Morgan fingerprint density at radius 1 is 1.02 bits per heavy atom. The van der Waals surface area contributed by atoms with Gasteiger partial charge in [0.2, 0.25) is 10.0 Å². The molecule has 0 aliphatic carbocycles. The quantitative estimate of drug-likeness (QED) is 0.267. The molecule has 1 aromatic heterocycles. The second-order valence-electron chi connectivity index (χ2n) is 9.65. The van der Waals surface area contributed by atoms with E-state index >= 15 is 0 Å². The third-order valence-electron chi connectivity index (χ3n) is 6.80. The topological polar surface area (TPSA) is 102 Å². The lowest BCUT2D eigenvalue weighted by Gasteiger charge is -2.27. The molecular formula is C28H39ClN4O6S2. The van der Waals surface area contributed by atoms with Crippen LogP contribution in [0.15, 0.2) is 47.4 Å². The van der Waals surface area contributed by atoms with Gasteiger partial charge in [-0.1, -0.05) is 17.4 Å². The molecule has 1 saturated heterocycles. The van der Waals surface area contributed by atoms with Crippen LogP contribution in [0.1, 0.15) is 22.3 Å². The first-order valence-electron chi connectivity index (χ1n) is 13.4. The van der Waals surface area contributed by atoms with Crippen molar-refractivity contribution < 1.29 is 27.4 Å². The summed E-state index contributed by atoms with van der Waals surface area (Å²) in [4.78, 5) is 22.8. The Kier molecular flexibility index (Phi) is 12.9. The normalized spacial score (nSPS) is 14.3. The molecule has 2 heterocycles. The standard InChI is InChI=1S/C28H38N4O6S2.ClH/c1-22-5-10-25-26(21-22)39-28(29-25)32(12-4-11-30-13-19-38-20-14-30)27(33)23-6-8-24(9-7-23)40(34,35)31(15-17-36-2)16-18-37-3;/h5-10,21H,4,11-20H2,1-3H3;1H. The number of rotatable bonds is 14. The zero-order valence-corrected chi connectivity index (χ0v) is 26.2. The Hall–Kier alpha value is -2.16. The van der Waals surface area contributed by atoms with Crippen molar-refractivity contribution in [3.63, 3.8) is 0 Å². The first kappa shape index (κ1) is 33.3. The highest BCUT2D eigenvalue weighted by Gasteiger charge is 2.26. The van der Waals surface area contributed by atoms with Crippen LogP contribution in [0.5, 0.6) is 0 Å². The number of thiazole rings is 1. The van der Waals surface area contributed by atoms with Crippen molar-refractivity contribution in [1.82, 2.24) is 14.2 Å². The molecule has 1 amide bonds. The number of sulfonamides is 1. The van der Waals surface area contributed by atoms with Crippen LogP contribution in [0.25, 0.3) is 10.2 Å².